The van der Waals surface area contributed by atoms with Crippen LogP contribution in [0.5, 0.6) is 0 Å². The Labute approximate surface area is 105 Å². The normalized spacial score (nSPS) is 25.9. The molecule has 0 aromatic carbocycles. The minimum atomic E-state index is -0.445. The van der Waals surface area contributed by atoms with Gasteiger partial charge in [0.2, 0.25) is 0 Å². The summed E-state index contributed by atoms with van der Waals surface area (Å²) in [5, 5.41) is 0. The van der Waals surface area contributed by atoms with Gasteiger partial charge in [0.25, 0.3) is 0 Å². The molecule has 4 nitrogen and oxygen atoms in total. The van der Waals surface area contributed by atoms with Crippen molar-refractivity contribution in [3.05, 3.63) is 0 Å². The predicted molar refractivity (Wildman–Crippen MR) is 65.9 cm³/mol. The van der Waals surface area contributed by atoms with Gasteiger partial charge in [0, 0.05) is 18.5 Å². The molecule has 1 fully saturated rings. The highest BCUT2D eigenvalue weighted by molar-refractivity contribution is 9.09. The Balaban J connectivity index is 2.59. The number of hydrogen-bond acceptors (Lipinski definition) is 3. The lowest BCUT2D eigenvalue weighted by Crippen LogP contribution is -2.41. The molecule has 0 aliphatic carbocycles. The third-order valence-electron chi connectivity index (χ3n) is 2.35. The Hall–Kier alpha value is -0.290. The Morgan fingerprint density at radius 1 is 1.50 bits per heavy atom. The van der Waals surface area contributed by atoms with Gasteiger partial charge >= 0.3 is 6.09 Å². The molecule has 0 saturated carbocycles. The van der Waals surface area contributed by atoms with E-state index in [1.54, 1.807) is 12.0 Å². The number of methoxy groups -OCH3 is 1. The molecule has 1 amide bonds. The van der Waals surface area contributed by atoms with E-state index in [-0.39, 0.29) is 12.1 Å². The summed E-state index contributed by atoms with van der Waals surface area (Å²) < 4.78 is 10.5. The van der Waals surface area contributed by atoms with E-state index in [0.717, 1.165) is 6.42 Å². The Kier molecular flexibility index (Phi) is 4.62. The summed E-state index contributed by atoms with van der Waals surface area (Å²) in [5.74, 6) is 0. The highest BCUT2D eigenvalue weighted by Gasteiger charge is 2.36. The van der Waals surface area contributed by atoms with E-state index in [1.165, 1.54) is 0 Å². The maximum absolute atomic E-state index is 11.9. The molecule has 5 heteroatoms. The summed E-state index contributed by atoms with van der Waals surface area (Å²) >= 11 is 3.53. The average molecular weight is 294 g/mol. The lowest BCUT2D eigenvalue weighted by atomic mass is 10.2. The van der Waals surface area contributed by atoms with Crippen molar-refractivity contribution in [3.8, 4) is 0 Å². The molecular weight excluding hydrogens is 274 g/mol. The van der Waals surface area contributed by atoms with Crippen LogP contribution in [0.3, 0.4) is 0 Å². The summed E-state index contributed by atoms with van der Waals surface area (Å²) in [5.41, 5.74) is -0.445. The number of hydrogen-bond donors (Lipinski definition) is 0. The number of likely N-dealkylation sites (tertiary alicyclic amines) is 1. The van der Waals surface area contributed by atoms with Gasteiger partial charge in [-0.1, -0.05) is 15.9 Å². The Morgan fingerprint density at radius 3 is 2.62 bits per heavy atom. The number of carbonyl (C=O) groups excluding carboxylic acids is 1. The molecule has 0 radical (unpaired) electrons. The molecule has 0 unspecified atom stereocenters. The molecule has 1 aliphatic rings. The quantitative estimate of drug-likeness (QED) is 0.734. The number of halogens is 1. The number of nitrogens with zero attached hydrogens (tertiary/aromatic N) is 1. The van der Waals surface area contributed by atoms with Crippen LogP contribution in [0.4, 0.5) is 4.79 Å². The Morgan fingerprint density at radius 2 is 2.12 bits per heavy atom. The van der Waals surface area contributed by atoms with Crippen molar-refractivity contribution in [2.75, 3.05) is 20.3 Å². The molecular formula is C11H20BrNO3. The van der Waals surface area contributed by atoms with Crippen molar-refractivity contribution in [2.24, 2.45) is 0 Å². The second-order valence-electron chi connectivity index (χ2n) is 5.07. The van der Waals surface area contributed by atoms with Crippen LogP contribution in [0.25, 0.3) is 0 Å². The van der Waals surface area contributed by atoms with Crippen molar-refractivity contribution in [2.45, 2.75) is 43.7 Å². The second kappa shape index (κ2) is 5.36. The number of alkyl halides is 1. The first-order chi connectivity index (χ1) is 7.33. The van der Waals surface area contributed by atoms with Crippen LogP contribution in [-0.4, -0.2) is 47.7 Å². The fourth-order valence-electron chi connectivity index (χ4n) is 1.75. The smallest absolute Gasteiger partial charge is 0.410 e. The first-order valence-corrected chi connectivity index (χ1v) is 6.37. The zero-order chi connectivity index (χ0) is 12.3. The molecule has 0 bridgehead atoms. The summed E-state index contributed by atoms with van der Waals surface area (Å²) in [4.78, 5) is 14.0. The van der Waals surface area contributed by atoms with Gasteiger partial charge in [-0.25, -0.2) is 4.79 Å². The molecule has 1 rings (SSSR count). The van der Waals surface area contributed by atoms with Crippen LogP contribution in [0, 0.1) is 0 Å². The molecule has 0 spiro atoms. The largest absolute Gasteiger partial charge is 0.444 e. The van der Waals surface area contributed by atoms with E-state index < -0.39 is 5.60 Å². The number of amides is 1. The van der Waals surface area contributed by atoms with Gasteiger partial charge in [-0.05, 0) is 27.2 Å². The van der Waals surface area contributed by atoms with E-state index in [4.69, 9.17) is 9.47 Å². The average Bonchev–Trinajstić information content (AvgIpc) is 2.44. The lowest BCUT2D eigenvalue weighted by Gasteiger charge is -2.28. The van der Waals surface area contributed by atoms with Crippen LogP contribution in [0.2, 0.25) is 0 Å². The molecule has 1 saturated heterocycles. The van der Waals surface area contributed by atoms with Gasteiger partial charge in [-0.15, -0.1) is 0 Å². The first kappa shape index (κ1) is 13.8. The van der Waals surface area contributed by atoms with Crippen LogP contribution in [0.15, 0.2) is 0 Å². The third kappa shape index (κ3) is 3.94. The van der Waals surface area contributed by atoms with E-state index in [2.05, 4.69) is 15.9 Å². The molecule has 1 aliphatic heterocycles. The van der Waals surface area contributed by atoms with Gasteiger partial charge in [-0.3, -0.25) is 0 Å². The molecule has 16 heavy (non-hydrogen) atoms. The lowest BCUT2D eigenvalue weighted by molar-refractivity contribution is 0.0149. The van der Waals surface area contributed by atoms with Gasteiger partial charge < -0.3 is 14.4 Å². The second-order valence-corrected chi connectivity index (χ2v) is 6.37. The number of ether oxygens (including phenoxy) is 2. The monoisotopic (exact) mass is 293 g/mol. The molecule has 2 atom stereocenters. The molecule has 1 heterocycles. The molecule has 0 N–H and O–H groups in total. The fraction of sp³-hybridized carbons (Fsp3) is 0.909. The van der Waals surface area contributed by atoms with E-state index in [9.17, 15) is 4.79 Å². The number of rotatable bonds is 2. The predicted octanol–water partition coefficient (Wildman–Crippen LogP) is 2.41. The maximum Gasteiger partial charge on any atom is 0.410 e. The highest BCUT2D eigenvalue weighted by Crippen LogP contribution is 2.25. The van der Waals surface area contributed by atoms with Crippen LogP contribution >= 0.6 is 15.9 Å². The topological polar surface area (TPSA) is 38.8 Å². The van der Waals surface area contributed by atoms with E-state index in [0.29, 0.717) is 18.0 Å². The SMILES string of the molecule is COC[C@H]1C[C@H](Br)CN1C(=O)OC(C)(C)C. The minimum absolute atomic E-state index is 0.115. The maximum atomic E-state index is 11.9. The standard InChI is InChI=1S/C11H20BrNO3/c1-11(2,3)16-10(14)13-6-8(12)5-9(13)7-15-4/h8-9H,5-7H2,1-4H3/t8-,9+/m0/s1. The van der Waals surface area contributed by atoms with Crippen LogP contribution < -0.4 is 0 Å². The van der Waals surface area contributed by atoms with Crippen molar-refractivity contribution < 1.29 is 14.3 Å². The van der Waals surface area contributed by atoms with Crippen molar-refractivity contribution in [1.29, 1.82) is 0 Å². The molecule has 0 aromatic rings. The van der Waals surface area contributed by atoms with Crippen LogP contribution in [-0.2, 0) is 9.47 Å². The van der Waals surface area contributed by atoms with Gasteiger partial charge in [0.15, 0.2) is 0 Å². The summed E-state index contributed by atoms with van der Waals surface area (Å²) in [6.07, 6.45) is 0.657. The summed E-state index contributed by atoms with van der Waals surface area (Å²) in [6.45, 7) is 6.86. The van der Waals surface area contributed by atoms with Gasteiger partial charge in [-0.2, -0.15) is 0 Å². The first-order valence-electron chi connectivity index (χ1n) is 5.46. The van der Waals surface area contributed by atoms with E-state index >= 15 is 0 Å². The third-order valence-corrected chi connectivity index (χ3v) is 3.01. The zero-order valence-electron chi connectivity index (χ0n) is 10.3. The van der Waals surface area contributed by atoms with Crippen molar-refractivity contribution in [1.82, 2.24) is 4.90 Å². The van der Waals surface area contributed by atoms with Crippen molar-refractivity contribution in [3.63, 3.8) is 0 Å². The van der Waals surface area contributed by atoms with Crippen LogP contribution in [0.1, 0.15) is 27.2 Å². The minimum Gasteiger partial charge on any atom is -0.444 e. The fourth-order valence-corrected chi connectivity index (χ4v) is 2.50. The van der Waals surface area contributed by atoms with E-state index in [1.807, 2.05) is 20.8 Å². The zero-order valence-corrected chi connectivity index (χ0v) is 11.9. The molecule has 94 valence electrons. The van der Waals surface area contributed by atoms with Crippen molar-refractivity contribution >= 4 is 22.0 Å². The molecule has 0 aromatic heterocycles. The summed E-state index contributed by atoms with van der Waals surface area (Å²) in [7, 11) is 1.65. The van der Waals surface area contributed by atoms with Gasteiger partial charge in [0.1, 0.15) is 5.60 Å². The highest BCUT2D eigenvalue weighted by atomic mass is 79.9. The van der Waals surface area contributed by atoms with Gasteiger partial charge in [0.05, 0.1) is 12.6 Å². The Bertz CT molecular complexity index is 252. The summed E-state index contributed by atoms with van der Waals surface area (Å²) in [6, 6.07) is 0.115. The number of carbonyl (C=O) groups is 1.